The van der Waals surface area contributed by atoms with Crippen molar-refractivity contribution in [2.24, 2.45) is 0 Å². The summed E-state index contributed by atoms with van der Waals surface area (Å²) < 4.78 is 50.2. The third-order valence-corrected chi connectivity index (χ3v) is 3.76. The maximum Gasteiger partial charge on any atom is 0.514 e. The lowest BCUT2D eigenvalue weighted by Crippen LogP contribution is -2.41. The van der Waals surface area contributed by atoms with Crippen LogP contribution in [0.4, 0.5) is 13.2 Å². The van der Waals surface area contributed by atoms with E-state index in [-0.39, 0.29) is 0 Å². The number of hydrogen-bond acceptors (Lipinski definition) is 3. The summed E-state index contributed by atoms with van der Waals surface area (Å²) in [4.78, 5) is 0. The largest absolute Gasteiger partial charge is 0.514 e. The first-order chi connectivity index (χ1) is 8.91. The van der Waals surface area contributed by atoms with E-state index in [4.69, 9.17) is 9.31 Å². The third-order valence-electron chi connectivity index (χ3n) is 3.76. The van der Waals surface area contributed by atoms with E-state index in [1.54, 1.807) is 13.0 Å². The van der Waals surface area contributed by atoms with Gasteiger partial charge in [-0.15, -0.1) is 0 Å². The smallest absolute Gasteiger partial charge is 0.398 e. The first-order valence-corrected chi connectivity index (χ1v) is 6.38. The number of nitrogens with zero attached hydrogens (tertiary/aromatic N) is 2. The molecule has 1 saturated heterocycles. The maximum absolute atomic E-state index is 12.6. The second kappa shape index (κ2) is 4.49. The highest BCUT2D eigenvalue weighted by molar-refractivity contribution is 6.61. The van der Waals surface area contributed by atoms with Gasteiger partial charge >= 0.3 is 13.3 Å². The highest BCUT2D eigenvalue weighted by atomic mass is 19.4. The zero-order valence-electron chi connectivity index (χ0n) is 12.2. The Morgan fingerprint density at radius 1 is 1.20 bits per heavy atom. The van der Waals surface area contributed by atoms with Crippen molar-refractivity contribution in [2.75, 3.05) is 0 Å². The normalized spacial score (nSPS) is 21.5. The van der Waals surface area contributed by atoms with Gasteiger partial charge in [0.1, 0.15) is 6.54 Å². The molecule has 0 unspecified atom stereocenters. The molecule has 0 bridgehead atoms. The second-order valence-corrected chi connectivity index (χ2v) is 6.07. The zero-order valence-corrected chi connectivity index (χ0v) is 12.2. The monoisotopic (exact) mass is 290 g/mol. The Morgan fingerprint density at radius 2 is 1.70 bits per heavy atom. The minimum atomic E-state index is -4.34. The fourth-order valence-electron chi connectivity index (χ4n) is 2.02. The van der Waals surface area contributed by atoms with Crippen LogP contribution in [-0.2, 0) is 15.9 Å². The van der Waals surface area contributed by atoms with Crippen molar-refractivity contribution >= 4 is 12.7 Å². The van der Waals surface area contributed by atoms with Gasteiger partial charge in [-0.3, -0.25) is 4.68 Å². The van der Waals surface area contributed by atoms with Crippen molar-refractivity contribution in [3.63, 3.8) is 0 Å². The summed E-state index contributed by atoms with van der Waals surface area (Å²) in [5.41, 5.74) is -0.407. The Hall–Kier alpha value is -1.02. The van der Waals surface area contributed by atoms with Crippen LogP contribution in [0, 0.1) is 6.92 Å². The van der Waals surface area contributed by atoms with Crippen molar-refractivity contribution in [3.05, 3.63) is 11.8 Å². The molecule has 0 N–H and O–H groups in total. The van der Waals surface area contributed by atoms with E-state index in [2.05, 4.69) is 5.10 Å². The van der Waals surface area contributed by atoms with Crippen LogP contribution in [-0.4, -0.2) is 34.3 Å². The van der Waals surface area contributed by atoms with Gasteiger partial charge in [0.05, 0.1) is 22.5 Å². The predicted molar refractivity (Wildman–Crippen MR) is 68.7 cm³/mol. The number of halogens is 3. The zero-order chi connectivity index (χ0) is 15.3. The van der Waals surface area contributed by atoms with Crippen LogP contribution in [0.5, 0.6) is 0 Å². The lowest BCUT2D eigenvalue weighted by Gasteiger charge is -2.32. The molecule has 0 aliphatic carbocycles. The molecule has 0 spiro atoms. The van der Waals surface area contributed by atoms with Gasteiger partial charge in [0.2, 0.25) is 0 Å². The summed E-state index contributed by atoms with van der Waals surface area (Å²) in [6.07, 6.45) is -4.34. The fraction of sp³-hybridized carbons (Fsp3) is 0.750. The molecule has 1 fully saturated rings. The van der Waals surface area contributed by atoms with Gasteiger partial charge in [-0.1, -0.05) is 0 Å². The van der Waals surface area contributed by atoms with Crippen LogP contribution in [0.15, 0.2) is 6.07 Å². The van der Waals surface area contributed by atoms with Crippen LogP contribution in [0.2, 0.25) is 0 Å². The number of alkyl halides is 3. The Balaban J connectivity index is 2.31. The Bertz CT molecular complexity index is 495. The molecule has 0 radical (unpaired) electrons. The molecule has 2 rings (SSSR count). The summed E-state index contributed by atoms with van der Waals surface area (Å²) in [5.74, 6) is 0. The van der Waals surface area contributed by atoms with E-state index in [0.29, 0.717) is 11.3 Å². The topological polar surface area (TPSA) is 36.3 Å². The first kappa shape index (κ1) is 15.4. The molecule has 0 atom stereocenters. The summed E-state index contributed by atoms with van der Waals surface area (Å²) >= 11 is 0. The third kappa shape index (κ3) is 2.86. The van der Waals surface area contributed by atoms with Crippen LogP contribution in [0.25, 0.3) is 0 Å². The predicted octanol–water partition coefficient (Wildman–Crippen LogP) is 2.05. The minimum Gasteiger partial charge on any atom is -0.398 e. The fourth-order valence-corrected chi connectivity index (χ4v) is 2.02. The average molecular weight is 290 g/mol. The number of aryl methyl sites for hydroxylation is 1. The van der Waals surface area contributed by atoms with Gasteiger partial charge in [-0.05, 0) is 40.7 Å². The molecule has 8 heteroatoms. The second-order valence-electron chi connectivity index (χ2n) is 6.07. The van der Waals surface area contributed by atoms with Crippen molar-refractivity contribution in [1.82, 2.24) is 9.78 Å². The van der Waals surface area contributed by atoms with Gasteiger partial charge < -0.3 is 9.31 Å². The van der Waals surface area contributed by atoms with E-state index in [0.717, 1.165) is 4.68 Å². The van der Waals surface area contributed by atoms with Gasteiger partial charge in [0.15, 0.2) is 0 Å². The molecule has 0 aromatic carbocycles. The minimum absolute atomic E-state index is 0.290. The van der Waals surface area contributed by atoms with E-state index in [1.807, 2.05) is 27.7 Å². The summed E-state index contributed by atoms with van der Waals surface area (Å²) in [7, 11) is -0.844. The molecule has 20 heavy (non-hydrogen) atoms. The molecule has 2 heterocycles. The molecule has 112 valence electrons. The van der Waals surface area contributed by atoms with E-state index < -0.39 is 31.0 Å². The van der Waals surface area contributed by atoms with E-state index in [1.165, 1.54) is 0 Å². The highest BCUT2D eigenvalue weighted by Crippen LogP contribution is 2.36. The summed E-state index contributed by atoms with van der Waals surface area (Å²) in [6.45, 7) is 7.89. The molecule has 1 aliphatic rings. The van der Waals surface area contributed by atoms with Crippen molar-refractivity contribution in [3.8, 4) is 0 Å². The van der Waals surface area contributed by atoms with Crippen LogP contribution >= 0.6 is 0 Å². The number of aromatic nitrogens is 2. The highest BCUT2D eigenvalue weighted by Gasteiger charge is 2.53. The van der Waals surface area contributed by atoms with Crippen molar-refractivity contribution in [2.45, 2.75) is 58.5 Å². The quantitative estimate of drug-likeness (QED) is 0.782. The Labute approximate surface area is 116 Å². The van der Waals surface area contributed by atoms with Gasteiger partial charge in [-0.25, -0.2) is 0 Å². The maximum atomic E-state index is 12.6. The average Bonchev–Trinajstić information content (AvgIpc) is 2.63. The molecular formula is C12H18BF3N2O2. The van der Waals surface area contributed by atoms with Gasteiger partial charge in [0.25, 0.3) is 0 Å². The van der Waals surface area contributed by atoms with Gasteiger partial charge in [0, 0.05) is 0 Å². The summed E-state index contributed by atoms with van der Waals surface area (Å²) in [6, 6.07) is 1.56. The summed E-state index contributed by atoms with van der Waals surface area (Å²) in [5, 5.41) is 3.87. The van der Waals surface area contributed by atoms with Crippen molar-refractivity contribution in [1.29, 1.82) is 0 Å². The van der Waals surface area contributed by atoms with E-state index in [9.17, 15) is 13.2 Å². The molecule has 1 aromatic rings. The van der Waals surface area contributed by atoms with Crippen LogP contribution in [0.3, 0.4) is 0 Å². The molecule has 4 nitrogen and oxygen atoms in total. The first-order valence-electron chi connectivity index (χ1n) is 6.38. The standard InChI is InChI=1S/C12H18BF3N2O2/c1-8-6-9(18(17-8)7-12(14,15)16)13-19-10(2,3)11(4,5)20-13/h6H,7H2,1-5H3. The molecular weight excluding hydrogens is 272 g/mol. The molecule has 1 aromatic heterocycles. The van der Waals surface area contributed by atoms with E-state index >= 15 is 0 Å². The van der Waals surface area contributed by atoms with Crippen LogP contribution in [0.1, 0.15) is 33.4 Å². The molecule has 1 aliphatic heterocycles. The van der Waals surface area contributed by atoms with Crippen LogP contribution < -0.4 is 5.59 Å². The Kier molecular flexibility index (Phi) is 3.45. The lowest BCUT2D eigenvalue weighted by atomic mass is 9.84. The SMILES string of the molecule is Cc1cc(B2OC(C)(C)C(C)(C)O2)n(CC(F)(F)F)n1. The molecule has 0 saturated carbocycles. The Morgan fingerprint density at radius 3 is 2.15 bits per heavy atom. The lowest BCUT2D eigenvalue weighted by molar-refractivity contribution is -0.142. The van der Waals surface area contributed by atoms with Crippen molar-refractivity contribution < 1.29 is 22.5 Å². The molecule has 0 amide bonds. The number of hydrogen-bond donors (Lipinski definition) is 0. The number of rotatable bonds is 2. The van der Waals surface area contributed by atoms with Gasteiger partial charge in [-0.2, -0.15) is 18.3 Å².